The van der Waals surface area contributed by atoms with Crippen LogP contribution in [0, 0.1) is 0 Å². The molecule has 0 N–H and O–H groups in total. The number of nitrogens with zero attached hydrogens (tertiary/aromatic N) is 1. The Kier molecular flexibility index (Phi) is 1.25. The predicted octanol–water partition coefficient (Wildman–Crippen LogP) is 1.37. The van der Waals surface area contributed by atoms with Gasteiger partial charge in [-0.05, 0) is 18.9 Å². The maximum atomic E-state index is 4.90. The second-order valence-electron chi connectivity index (χ2n) is 1.36. The number of allylic oxidation sites excluding steroid dienone is 1. The predicted molar refractivity (Wildman–Crippen MR) is 30.2 cm³/mol. The fraction of sp³-hybridized carbons (Fsp3) is 0.500. The summed E-state index contributed by atoms with van der Waals surface area (Å²) in [7, 11) is 1.87. The van der Waals surface area contributed by atoms with Crippen molar-refractivity contribution in [3.05, 3.63) is 11.2 Å². The fourth-order valence-electron chi connectivity index (χ4n) is 0.394. The maximum absolute atomic E-state index is 4.90. The quantitative estimate of drug-likeness (QED) is 0.445. The first-order valence-electron chi connectivity index (χ1n) is 2.04. The van der Waals surface area contributed by atoms with E-state index in [-0.39, 0.29) is 0 Å². The number of rotatable bonds is 0. The van der Waals surface area contributed by atoms with Crippen molar-refractivity contribution in [3.63, 3.8) is 0 Å². The van der Waals surface area contributed by atoms with E-state index in [1.165, 1.54) is 4.91 Å². The minimum atomic E-state index is 1.20. The molecule has 0 spiro atoms. The van der Waals surface area contributed by atoms with Crippen LogP contribution in [-0.4, -0.2) is 11.5 Å². The van der Waals surface area contributed by atoms with Gasteiger partial charge in [0.1, 0.15) is 6.26 Å². The van der Waals surface area contributed by atoms with Gasteiger partial charge < -0.3 is 4.84 Å². The Bertz CT molecular complexity index is 102. The average molecular weight is 117 g/mol. The van der Waals surface area contributed by atoms with Crippen LogP contribution in [0.15, 0.2) is 11.2 Å². The van der Waals surface area contributed by atoms with Gasteiger partial charge in [-0.25, -0.2) is 0 Å². The third-order valence-electron chi connectivity index (χ3n) is 0.640. The number of hydroxylamine groups is 1. The van der Waals surface area contributed by atoms with Crippen LogP contribution in [0.3, 0.4) is 0 Å². The zero-order valence-corrected chi connectivity index (χ0v) is 5.16. The molecule has 1 aliphatic heterocycles. The minimum Gasteiger partial charge on any atom is -0.402 e. The van der Waals surface area contributed by atoms with Crippen molar-refractivity contribution in [2.24, 2.45) is 0 Å². The molecule has 2 nitrogen and oxygen atoms in total. The zero-order chi connectivity index (χ0) is 5.28. The normalized spacial score (nSPS) is 21.7. The van der Waals surface area contributed by atoms with Crippen LogP contribution in [0.25, 0.3) is 0 Å². The highest BCUT2D eigenvalue weighted by atomic mass is 32.2. The van der Waals surface area contributed by atoms with Gasteiger partial charge in [0.2, 0.25) is 0 Å². The second kappa shape index (κ2) is 1.76. The third kappa shape index (κ3) is 1.11. The monoisotopic (exact) mass is 117 g/mol. The van der Waals surface area contributed by atoms with E-state index in [2.05, 4.69) is 0 Å². The van der Waals surface area contributed by atoms with Crippen LogP contribution < -0.4 is 0 Å². The van der Waals surface area contributed by atoms with Gasteiger partial charge in [-0.1, -0.05) is 4.47 Å². The van der Waals surface area contributed by atoms with Crippen molar-refractivity contribution in [3.8, 4) is 0 Å². The van der Waals surface area contributed by atoms with E-state index in [0.717, 1.165) is 0 Å². The van der Waals surface area contributed by atoms with E-state index in [4.69, 9.17) is 4.84 Å². The molecular formula is C4H7NOS. The molecule has 0 saturated heterocycles. The van der Waals surface area contributed by atoms with E-state index in [1.807, 2.05) is 14.0 Å². The first-order chi connectivity index (χ1) is 3.29. The summed E-state index contributed by atoms with van der Waals surface area (Å²) in [4.78, 5) is 6.10. The molecule has 0 aliphatic carbocycles. The van der Waals surface area contributed by atoms with Crippen molar-refractivity contribution in [2.45, 2.75) is 6.92 Å². The van der Waals surface area contributed by atoms with Gasteiger partial charge in [0.15, 0.2) is 0 Å². The Hall–Kier alpha value is -0.150. The molecule has 0 unspecified atom stereocenters. The Morgan fingerprint density at radius 3 is 2.71 bits per heavy atom. The molecule has 1 rings (SSSR count). The van der Waals surface area contributed by atoms with Gasteiger partial charge >= 0.3 is 0 Å². The summed E-state index contributed by atoms with van der Waals surface area (Å²) in [6.07, 6.45) is 1.73. The van der Waals surface area contributed by atoms with E-state index in [1.54, 1.807) is 22.7 Å². The van der Waals surface area contributed by atoms with Crippen molar-refractivity contribution >= 4 is 11.9 Å². The topological polar surface area (TPSA) is 12.5 Å². The maximum Gasteiger partial charge on any atom is 0.123 e. The lowest BCUT2D eigenvalue weighted by atomic mass is 10.7. The molecule has 40 valence electrons. The smallest absolute Gasteiger partial charge is 0.123 e. The van der Waals surface area contributed by atoms with E-state index < -0.39 is 0 Å². The molecule has 3 heteroatoms. The molecule has 0 bridgehead atoms. The van der Waals surface area contributed by atoms with Crippen LogP contribution in [0.2, 0.25) is 0 Å². The molecule has 0 saturated carbocycles. The highest BCUT2D eigenvalue weighted by Crippen LogP contribution is 2.24. The molecule has 1 aliphatic rings. The lowest BCUT2D eigenvalue weighted by molar-refractivity contribution is 0.0309. The first kappa shape index (κ1) is 5.00. The van der Waals surface area contributed by atoms with Crippen LogP contribution >= 0.6 is 11.9 Å². The fourth-order valence-corrected chi connectivity index (χ4v) is 0.972. The molecule has 0 fully saturated rings. The number of hydrogen-bond acceptors (Lipinski definition) is 3. The molecule has 0 aromatic heterocycles. The standard InChI is InChI=1S/C4H7NOS/c1-4-3-6-5(2)7-4/h3H,1-2H3. The van der Waals surface area contributed by atoms with Gasteiger partial charge in [0, 0.05) is 12.0 Å². The molecule has 0 amide bonds. The Morgan fingerprint density at radius 1 is 1.86 bits per heavy atom. The van der Waals surface area contributed by atoms with E-state index in [9.17, 15) is 0 Å². The Morgan fingerprint density at radius 2 is 2.57 bits per heavy atom. The first-order valence-corrected chi connectivity index (χ1v) is 2.81. The Balaban J connectivity index is 2.42. The zero-order valence-electron chi connectivity index (χ0n) is 4.34. The summed E-state index contributed by atoms with van der Waals surface area (Å²) in [5.41, 5.74) is 0. The van der Waals surface area contributed by atoms with Crippen molar-refractivity contribution in [2.75, 3.05) is 7.05 Å². The molecule has 0 aromatic rings. The van der Waals surface area contributed by atoms with Gasteiger partial charge in [-0.15, -0.1) is 0 Å². The van der Waals surface area contributed by atoms with Gasteiger partial charge in [0.05, 0.1) is 0 Å². The molecule has 1 heterocycles. The summed E-state index contributed by atoms with van der Waals surface area (Å²) >= 11 is 1.59. The van der Waals surface area contributed by atoms with E-state index in [0.29, 0.717) is 0 Å². The molecular weight excluding hydrogens is 110 g/mol. The van der Waals surface area contributed by atoms with Crippen LogP contribution in [0.1, 0.15) is 6.92 Å². The number of hydrogen-bond donors (Lipinski definition) is 0. The van der Waals surface area contributed by atoms with Crippen molar-refractivity contribution < 1.29 is 4.84 Å². The summed E-state index contributed by atoms with van der Waals surface area (Å²) in [6.45, 7) is 2.01. The van der Waals surface area contributed by atoms with Gasteiger partial charge in [-0.3, -0.25) is 0 Å². The summed E-state index contributed by atoms with van der Waals surface area (Å²) in [5.74, 6) is 0. The van der Waals surface area contributed by atoms with Crippen molar-refractivity contribution in [1.29, 1.82) is 0 Å². The third-order valence-corrected chi connectivity index (χ3v) is 1.37. The second-order valence-corrected chi connectivity index (χ2v) is 2.71. The largest absolute Gasteiger partial charge is 0.402 e. The summed E-state index contributed by atoms with van der Waals surface area (Å²) < 4.78 is 1.70. The highest BCUT2D eigenvalue weighted by Gasteiger charge is 2.05. The molecule has 0 radical (unpaired) electrons. The highest BCUT2D eigenvalue weighted by molar-refractivity contribution is 8.00. The van der Waals surface area contributed by atoms with E-state index >= 15 is 0 Å². The summed E-state index contributed by atoms with van der Waals surface area (Å²) in [6, 6.07) is 0. The SMILES string of the molecule is CC1=CON(C)S1. The van der Waals surface area contributed by atoms with Crippen LogP contribution in [0.4, 0.5) is 0 Å². The van der Waals surface area contributed by atoms with Crippen molar-refractivity contribution in [1.82, 2.24) is 4.47 Å². The van der Waals surface area contributed by atoms with Gasteiger partial charge in [0.25, 0.3) is 0 Å². The molecule has 0 atom stereocenters. The molecule has 7 heavy (non-hydrogen) atoms. The van der Waals surface area contributed by atoms with Crippen LogP contribution in [0.5, 0.6) is 0 Å². The summed E-state index contributed by atoms with van der Waals surface area (Å²) in [5, 5.41) is 0. The Labute approximate surface area is 47.2 Å². The lowest BCUT2D eigenvalue weighted by Gasteiger charge is -2.01. The molecule has 0 aromatic carbocycles. The van der Waals surface area contributed by atoms with Gasteiger partial charge in [-0.2, -0.15) is 0 Å². The minimum absolute atomic E-state index is 1.20. The lowest BCUT2D eigenvalue weighted by Crippen LogP contribution is -1.98. The average Bonchev–Trinajstić information content (AvgIpc) is 1.87. The van der Waals surface area contributed by atoms with Crippen LogP contribution in [-0.2, 0) is 4.84 Å².